The Morgan fingerprint density at radius 3 is 1.39 bits per heavy atom. The predicted molar refractivity (Wildman–Crippen MR) is 94.7 cm³/mol. The minimum atomic E-state index is -0.370. The number of epoxide rings is 2. The van der Waals surface area contributed by atoms with Gasteiger partial charge < -0.3 is 14.2 Å². The fourth-order valence-electron chi connectivity index (χ4n) is 3.24. The maximum Gasteiger partial charge on any atom is 0.0892 e. The second-order valence-electron chi connectivity index (χ2n) is 8.63. The van der Waals surface area contributed by atoms with Crippen LogP contribution in [0.3, 0.4) is 0 Å². The van der Waals surface area contributed by atoms with E-state index in [1.807, 2.05) is 12.2 Å². The van der Waals surface area contributed by atoms with Gasteiger partial charge >= 0.3 is 0 Å². The molecule has 0 aromatic heterocycles. The van der Waals surface area contributed by atoms with Crippen LogP contribution in [0.1, 0.15) is 67.2 Å². The summed E-state index contributed by atoms with van der Waals surface area (Å²) in [5, 5.41) is 0. The Morgan fingerprint density at radius 2 is 1.17 bits per heavy atom. The van der Waals surface area contributed by atoms with E-state index in [2.05, 4.69) is 54.7 Å². The lowest BCUT2D eigenvalue weighted by Crippen LogP contribution is -2.39. The molecule has 2 heterocycles. The molecule has 2 saturated heterocycles. The molecule has 4 atom stereocenters. The van der Waals surface area contributed by atoms with E-state index in [-0.39, 0.29) is 22.4 Å². The maximum atomic E-state index is 6.47. The van der Waals surface area contributed by atoms with Crippen molar-refractivity contribution in [3.8, 4) is 0 Å². The number of hydrogen-bond donors (Lipinski definition) is 0. The van der Waals surface area contributed by atoms with Crippen molar-refractivity contribution < 1.29 is 14.2 Å². The molecule has 4 unspecified atom stereocenters. The fraction of sp³-hybridized carbons (Fsp3) is 0.800. The molecule has 0 aromatic carbocycles. The lowest BCUT2D eigenvalue weighted by Gasteiger charge is -2.37. The highest BCUT2D eigenvalue weighted by molar-refractivity contribution is 5.05. The third-order valence-electron chi connectivity index (χ3n) is 5.46. The van der Waals surface area contributed by atoms with Crippen molar-refractivity contribution in [2.45, 2.75) is 102 Å². The van der Waals surface area contributed by atoms with Gasteiger partial charge in [0.1, 0.15) is 0 Å². The van der Waals surface area contributed by atoms with Crippen molar-refractivity contribution in [2.24, 2.45) is 0 Å². The molecule has 0 saturated carbocycles. The Kier molecular flexibility index (Phi) is 4.89. The molecule has 2 rings (SSSR count). The zero-order chi connectivity index (χ0) is 17.5. The first kappa shape index (κ1) is 18.7. The van der Waals surface area contributed by atoms with Crippen molar-refractivity contribution in [3.05, 3.63) is 25.3 Å². The van der Waals surface area contributed by atoms with Crippen LogP contribution in [0.4, 0.5) is 0 Å². The topological polar surface area (TPSA) is 34.3 Å². The first-order chi connectivity index (χ1) is 10.5. The minimum Gasteiger partial charge on any atom is -0.367 e. The first-order valence-corrected chi connectivity index (χ1v) is 8.78. The lowest BCUT2D eigenvalue weighted by molar-refractivity contribution is -0.0983. The van der Waals surface area contributed by atoms with E-state index in [1.54, 1.807) is 0 Å². The average molecular weight is 322 g/mol. The molecule has 132 valence electrons. The monoisotopic (exact) mass is 322 g/mol. The summed E-state index contributed by atoms with van der Waals surface area (Å²) in [5.41, 5.74) is -0.687. The predicted octanol–water partition coefficient (Wildman–Crippen LogP) is 4.81. The van der Waals surface area contributed by atoms with E-state index in [1.165, 1.54) is 0 Å². The molecule has 0 bridgehead atoms. The van der Waals surface area contributed by atoms with E-state index in [4.69, 9.17) is 14.2 Å². The van der Waals surface area contributed by atoms with Crippen molar-refractivity contribution in [1.29, 1.82) is 0 Å². The molecular weight excluding hydrogens is 288 g/mol. The second-order valence-corrected chi connectivity index (χ2v) is 8.63. The van der Waals surface area contributed by atoms with Gasteiger partial charge in [-0.25, -0.2) is 0 Å². The van der Waals surface area contributed by atoms with Gasteiger partial charge in [0.2, 0.25) is 0 Å². The Balaban J connectivity index is 1.88. The molecule has 0 aliphatic carbocycles. The van der Waals surface area contributed by atoms with E-state index < -0.39 is 0 Å². The summed E-state index contributed by atoms with van der Waals surface area (Å²) in [4.78, 5) is 0. The van der Waals surface area contributed by atoms with Crippen molar-refractivity contribution in [1.82, 2.24) is 0 Å². The first-order valence-electron chi connectivity index (χ1n) is 8.78. The van der Waals surface area contributed by atoms with Crippen molar-refractivity contribution in [3.63, 3.8) is 0 Å². The molecule has 0 N–H and O–H groups in total. The third-order valence-corrected chi connectivity index (χ3v) is 5.46. The van der Waals surface area contributed by atoms with E-state index in [0.717, 1.165) is 25.7 Å². The van der Waals surface area contributed by atoms with Gasteiger partial charge in [-0.1, -0.05) is 12.2 Å². The summed E-state index contributed by atoms with van der Waals surface area (Å²) in [6.07, 6.45) is 8.28. The van der Waals surface area contributed by atoms with Crippen LogP contribution in [0, 0.1) is 0 Å². The van der Waals surface area contributed by atoms with Crippen LogP contribution in [0.25, 0.3) is 0 Å². The van der Waals surface area contributed by atoms with Gasteiger partial charge in [-0.15, -0.1) is 13.2 Å². The molecule has 0 amide bonds. The molecule has 0 spiro atoms. The molecule has 0 radical (unpaired) electrons. The molecule has 2 fully saturated rings. The molecule has 2 aliphatic rings. The Labute approximate surface area is 142 Å². The SMILES string of the molecule is C=CC(C)(CCC1OC1(C)C)OC(C)(C=C)CCC1OC1(C)C. The summed E-state index contributed by atoms with van der Waals surface area (Å²) in [6, 6.07) is 0. The highest BCUT2D eigenvalue weighted by atomic mass is 16.6. The van der Waals surface area contributed by atoms with E-state index >= 15 is 0 Å². The maximum absolute atomic E-state index is 6.47. The highest BCUT2D eigenvalue weighted by Gasteiger charge is 2.49. The molecule has 0 aromatic rings. The average Bonchev–Trinajstić information content (AvgIpc) is 3.29. The Morgan fingerprint density at radius 1 is 0.870 bits per heavy atom. The van der Waals surface area contributed by atoms with Gasteiger partial charge in [0.15, 0.2) is 0 Å². The van der Waals surface area contributed by atoms with E-state index in [9.17, 15) is 0 Å². The molecule has 2 aliphatic heterocycles. The van der Waals surface area contributed by atoms with Gasteiger partial charge in [0.05, 0.1) is 34.6 Å². The fourth-order valence-corrected chi connectivity index (χ4v) is 3.24. The van der Waals surface area contributed by atoms with Crippen molar-refractivity contribution >= 4 is 0 Å². The van der Waals surface area contributed by atoms with Crippen molar-refractivity contribution in [2.75, 3.05) is 0 Å². The number of ether oxygens (including phenoxy) is 3. The molecule has 3 heteroatoms. The van der Waals surface area contributed by atoms with Gasteiger partial charge in [-0.05, 0) is 67.2 Å². The van der Waals surface area contributed by atoms with Crippen LogP contribution in [0.2, 0.25) is 0 Å². The standard InChI is InChI=1S/C20H34O3/c1-9-19(7,13-11-15-17(3,4)21-15)23-20(8,10-2)14-12-16-18(5,6)22-16/h9-10,15-16H,1-2,11-14H2,3-8H3. The van der Waals surface area contributed by atoms with Crippen LogP contribution in [0.15, 0.2) is 25.3 Å². The zero-order valence-electron chi connectivity index (χ0n) is 15.8. The normalized spacial score (nSPS) is 32.4. The second kappa shape index (κ2) is 6.02. The molecule has 23 heavy (non-hydrogen) atoms. The lowest BCUT2D eigenvalue weighted by atomic mass is 9.91. The minimum absolute atomic E-state index is 0.0265. The van der Waals surface area contributed by atoms with Crippen LogP contribution in [0.5, 0.6) is 0 Å². The van der Waals surface area contributed by atoms with Gasteiger partial charge in [-0.2, -0.15) is 0 Å². The van der Waals surface area contributed by atoms with Crippen LogP contribution in [-0.2, 0) is 14.2 Å². The molecular formula is C20H34O3. The van der Waals surface area contributed by atoms with Gasteiger partial charge in [-0.3, -0.25) is 0 Å². The Hall–Kier alpha value is -0.640. The smallest absolute Gasteiger partial charge is 0.0892 e. The third kappa shape index (κ3) is 4.68. The van der Waals surface area contributed by atoms with Gasteiger partial charge in [0.25, 0.3) is 0 Å². The van der Waals surface area contributed by atoms with E-state index in [0.29, 0.717) is 12.2 Å². The molecule has 3 nitrogen and oxygen atoms in total. The number of hydrogen-bond acceptors (Lipinski definition) is 3. The zero-order valence-corrected chi connectivity index (χ0v) is 15.8. The highest BCUT2D eigenvalue weighted by Crippen LogP contribution is 2.43. The largest absolute Gasteiger partial charge is 0.367 e. The van der Waals surface area contributed by atoms with Crippen LogP contribution in [-0.4, -0.2) is 34.6 Å². The summed E-state index contributed by atoms with van der Waals surface area (Å²) in [5.74, 6) is 0. The van der Waals surface area contributed by atoms with Gasteiger partial charge in [0, 0.05) is 0 Å². The summed E-state index contributed by atoms with van der Waals surface area (Å²) in [7, 11) is 0. The summed E-state index contributed by atoms with van der Waals surface area (Å²) in [6.45, 7) is 20.7. The summed E-state index contributed by atoms with van der Waals surface area (Å²) >= 11 is 0. The Bertz CT molecular complexity index is 426. The van der Waals surface area contributed by atoms with Crippen LogP contribution < -0.4 is 0 Å². The number of rotatable bonds is 10. The quantitative estimate of drug-likeness (QED) is 0.428. The summed E-state index contributed by atoms with van der Waals surface area (Å²) < 4.78 is 17.8. The van der Waals surface area contributed by atoms with Crippen LogP contribution >= 0.6 is 0 Å².